The van der Waals surface area contributed by atoms with Gasteiger partial charge in [-0.1, -0.05) is 0 Å². The Hall–Kier alpha value is -2.52. The third-order valence-corrected chi connectivity index (χ3v) is 4.36. The fourth-order valence-corrected chi connectivity index (χ4v) is 3.06. The zero-order valence-corrected chi connectivity index (χ0v) is 14.3. The first kappa shape index (κ1) is 15.0. The number of aromatic nitrogens is 3. The number of esters is 1. The molecule has 0 radical (unpaired) electrons. The summed E-state index contributed by atoms with van der Waals surface area (Å²) < 4.78 is 17.4. The molecule has 3 aromatic heterocycles. The van der Waals surface area contributed by atoms with Gasteiger partial charge in [-0.3, -0.25) is 0 Å². The molecule has 9 heteroatoms. The Kier molecular flexibility index (Phi) is 3.87. The Morgan fingerprint density at radius 3 is 2.96 bits per heavy atom. The fourth-order valence-electron chi connectivity index (χ4n) is 2.03. The molecule has 4 aromatic rings. The van der Waals surface area contributed by atoms with Crippen LogP contribution in [0.3, 0.4) is 0 Å². The van der Waals surface area contributed by atoms with E-state index < -0.39 is 5.97 Å². The van der Waals surface area contributed by atoms with Gasteiger partial charge in [0.15, 0.2) is 17.0 Å². The van der Waals surface area contributed by atoms with Crippen LogP contribution in [0.5, 0.6) is 0 Å². The third-order valence-electron chi connectivity index (χ3n) is 3.14. The Bertz CT molecular complexity index is 1020. The molecule has 0 atom stereocenters. The van der Waals surface area contributed by atoms with Crippen LogP contribution in [0.1, 0.15) is 16.2 Å². The largest absolute Gasteiger partial charge is 0.452 e. The molecular weight excluding hydrogens is 398 g/mol. The zero-order valence-electron chi connectivity index (χ0n) is 11.9. The van der Waals surface area contributed by atoms with E-state index in [0.717, 1.165) is 10.2 Å². The minimum Gasteiger partial charge on any atom is -0.452 e. The fraction of sp³-hybridized carbons (Fsp3) is 0.0667. The van der Waals surface area contributed by atoms with Gasteiger partial charge in [0.1, 0.15) is 0 Å². The molecule has 0 spiro atoms. The van der Waals surface area contributed by atoms with Crippen LogP contribution in [0.25, 0.3) is 21.9 Å². The van der Waals surface area contributed by atoms with Crippen LogP contribution >= 0.6 is 27.3 Å². The monoisotopic (exact) mass is 405 g/mol. The Morgan fingerprint density at radius 2 is 2.12 bits per heavy atom. The molecule has 0 aliphatic carbocycles. The standard InChI is InChI=1S/C15H8BrN3O4S/c16-12-4-3-10(22-12)14-19-18-13(23-14)6-21-15(20)8-1-2-9-11(5-8)24-7-17-9/h1-5,7H,6H2. The molecule has 0 aliphatic heterocycles. The van der Waals surface area contributed by atoms with E-state index in [1.165, 1.54) is 11.3 Å². The second-order valence-electron chi connectivity index (χ2n) is 4.72. The lowest BCUT2D eigenvalue weighted by atomic mass is 10.2. The highest BCUT2D eigenvalue weighted by molar-refractivity contribution is 9.10. The van der Waals surface area contributed by atoms with Crippen LogP contribution in [-0.2, 0) is 11.3 Å². The lowest BCUT2D eigenvalue weighted by Gasteiger charge is -2.01. The maximum absolute atomic E-state index is 12.1. The van der Waals surface area contributed by atoms with Crippen molar-refractivity contribution in [2.45, 2.75) is 6.61 Å². The molecule has 0 unspecified atom stereocenters. The highest BCUT2D eigenvalue weighted by Crippen LogP contribution is 2.24. The van der Waals surface area contributed by atoms with Crippen molar-refractivity contribution in [2.75, 3.05) is 0 Å². The van der Waals surface area contributed by atoms with Crippen LogP contribution in [0.2, 0.25) is 0 Å². The number of carbonyl (C=O) groups is 1. The summed E-state index contributed by atoms with van der Waals surface area (Å²) in [6.45, 7) is -0.117. The lowest BCUT2D eigenvalue weighted by molar-refractivity contribution is 0.0439. The second-order valence-corrected chi connectivity index (χ2v) is 6.38. The molecule has 3 heterocycles. The Balaban J connectivity index is 1.44. The highest BCUT2D eigenvalue weighted by Gasteiger charge is 2.15. The summed E-state index contributed by atoms with van der Waals surface area (Å²) in [6.07, 6.45) is 0. The Labute approximate surface area is 147 Å². The van der Waals surface area contributed by atoms with Gasteiger partial charge in [0, 0.05) is 0 Å². The molecule has 4 rings (SSSR count). The van der Waals surface area contributed by atoms with Gasteiger partial charge in [-0.2, -0.15) is 0 Å². The average molecular weight is 406 g/mol. The maximum atomic E-state index is 12.1. The van der Waals surface area contributed by atoms with Crippen LogP contribution in [0.4, 0.5) is 0 Å². The van der Waals surface area contributed by atoms with E-state index in [2.05, 4.69) is 31.1 Å². The first-order valence-corrected chi connectivity index (χ1v) is 8.45. The molecule has 7 nitrogen and oxygen atoms in total. The molecule has 120 valence electrons. The van der Waals surface area contributed by atoms with E-state index in [9.17, 15) is 4.79 Å². The number of fused-ring (bicyclic) bond motifs is 1. The van der Waals surface area contributed by atoms with Crippen molar-refractivity contribution in [3.63, 3.8) is 0 Å². The summed E-state index contributed by atoms with van der Waals surface area (Å²) in [5.41, 5.74) is 3.02. The zero-order chi connectivity index (χ0) is 16.5. The molecule has 1 aromatic carbocycles. The van der Waals surface area contributed by atoms with E-state index in [0.29, 0.717) is 16.0 Å². The summed E-state index contributed by atoms with van der Waals surface area (Å²) in [4.78, 5) is 16.3. The van der Waals surface area contributed by atoms with Crippen molar-refractivity contribution >= 4 is 43.5 Å². The third kappa shape index (κ3) is 2.95. The second kappa shape index (κ2) is 6.17. The molecule has 0 N–H and O–H groups in total. The molecule has 0 saturated carbocycles. The first-order valence-electron chi connectivity index (χ1n) is 6.77. The smallest absolute Gasteiger partial charge is 0.338 e. The quantitative estimate of drug-likeness (QED) is 0.472. The van der Waals surface area contributed by atoms with E-state index in [4.69, 9.17) is 13.6 Å². The number of carbonyl (C=O) groups excluding carboxylic acids is 1. The van der Waals surface area contributed by atoms with Crippen molar-refractivity contribution in [2.24, 2.45) is 0 Å². The summed E-state index contributed by atoms with van der Waals surface area (Å²) in [5.74, 6) is 0.371. The van der Waals surface area contributed by atoms with Gasteiger partial charge in [-0.05, 0) is 46.3 Å². The number of thiazole rings is 1. The minimum atomic E-state index is -0.467. The SMILES string of the molecule is O=C(OCc1nnc(-c2ccc(Br)o2)o1)c1ccc2ncsc2c1. The molecular formula is C15H8BrN3O4S. The Morgan fingerprint density at radius 1 is 1.21 bits per heavy atom. The van der Waals surface area contributed by atoms with Gasteiger partial charge in [0.25, 0.3) is 11.8 Å². The van der Waals surface area contributed by atoms with Crippen molar-refractivity contribution < 1.29 is 18.4 Å². The molecule has 24 heavy (non-hydrogen) atoms. The number of hydrogen-bond acceptors (Lipinski definition) is 8. The molecule has 0 aliphatic rings. The van der Waals surface area contributed by atoms with Gasteiger partial charge >= 0.3 is 5.97 Å². The van der Waals surface area contributed by atoms with Gasteiger partial charge in [0.2, 0.25) is 0 Å². The van der Waals surface area contributed by atoms with Crippen LogP contribution in [-0.4, -0.2) is 21.2 Å². The summed E-state index contributed by atoms with van der Waals surface area (Å²) in [5, 5.41) is 7.69. The van der Waals surface area contributed by atoms with Crippen molar-refractivity contribution in [3.8, 4) is 11.7 Å². The minimum absolute atomic E-state index is 0.117. The van der Waals surface area contributed by atoms with Crippen molar-refractivity contribution in [3.05, 3.63) is 52.0 Å². The number of benzene rings is 1. The summed E-state index contributed by atoms with van der Waals surface area (Å²) >= 11 is 4.66. The average Bonchev–Trinajstić information content (AvgIpc) is 3.31. The molecule has 0 bridgehead atoms. The number of halogens is 1. The normalized spacial score (nSPS) is 11.0. The molecule has 0 fully saturated rings. The molecule has 0 saturated heterocycles. The number of rotatable bonds is 4. The van der Waals surface area contributed by atoms with Crippen molar-refractivity contribution in [1.29, 1.82) is 0 Å². The van der Waals surface area contributed by atoms with E-state index in [-0.39, 0.29) is 18.4 Å². The highest BCUT2D eigenvalue weighted by atomic mass is 79.9. The van der Waals surface area contributed by atoms with Gasteiger partial charge in [0.05, 0.1) is 21.3 Å². The van der Waals surface area contributed by atoms with Crippen LogP contribution < -0.4 is 0 Å². The van der Waals surface area contributed by atoms with E-state index >= 15 is 0 Å². The van der Waals surface area contributed by atoms with E-state index in [1.54, 1.807) is 35.8 Å². The predicted molar refractivity (Wildman–Crippen MR) is 88.4 cm³/mol. The van der Waals surface area contributed by atoms with Gasteiger partial charge in [-0.25, -0.2) is 9.78 Å². The maximum Gasteiger partial charge on any atom is 0.338 e. The first-order chi connectivity index (χ1) is 11.7. The summed E-state index contributed by atoms with van der Waals surface area (Å²) in [7, 11) is 0. The summed E-state index contributed by atoms with van der Waals surface area (Å²) in [6, 6.07) is 8.60. The van der Waals surface area contributed by atoms with Gasteiger partial charge in [-0.15, -0.1) is 21.5 Å². The van der Waals surface area contributed by atoms with E-state index in [1.807, 2.05) is 0 Å². The van der Waals surface area contributed by atoms with Gasteiger partial charge < -0.3 is 13.6 Å². The number of ether oxygens (including phenoxy) is 1. The topological polar surface area (TPSA) is 91.2 Å². The molecule has 0 amide bonds. The van der Waals surface area contributed by atoms with Crippen LogP contribution in [0.15, 0.2) is 49.3 Å². The number of furan rings is 1. The lowest BCUT2D eigenvalue weighted by Crippen LogP contribution is -2.05. The van der Waals surface area contributed by atoms with Crippen LogP contribution in [0, 0.1) is 0 Å². The predicted octanol–water partition coefficient (Wildman–Crippen LogP) is 4.06. The number of nitrogens with zero attached hydrogens (tertiary/aromatic N) is 3. The number of hydrogen-bond donors (Lipinski definition) is 0. The van der Waals surface area contributed by atoms with Crippen molar-refractivity contribution in [1.82, 2.24) is 15.2 Å².